The van der Waals surface area contributed by atoms with Gasteiger partial charge < -0.3 is 15.4 Å². The van der Waals surface area contributed by atoms with E-state index in [1.165, 1.54) is 0 Å². The van der Waals surface area contributed by atoms with Crippen molar-refractivity contribution in [3.05, 3.63) is 52.0 Å². The van der Waals surface area contributed by atoms with E-state index in [1.54, 1.807) is 25.3 Å². The maximum absolute atomic E-state index is 11.9. The third-order valence-corrected chi connectivity index (χ3v) is 3.76. The predicted octanol–water partition coefficient (Wildman–Crippen LogP) is 4.16. The first kappa shape index (κ1) is 15.7. The van der Waals surface area contributed by atoms with Crippen LogP contribution in [0.4, 0.5) is 11.4 Å². The molecule has 0 unspecified atom stereocenters. The maximum atomic E-state index is 11.9. The molecule has 0 atom stereocenters. The third-order valence-electron chi connectivity index (χ3n) is 2.75. The molecule has 0 aliphatic rings. The van der Waals surface area contributed by atoms with Crippen molar-refractivity contribution in [2.45, 2.75) is 0 Å². The minimum Gasteiger partial charge on any atom is -0.495 e. The number of ether oxygens (including phenoxy) is 1. The van der Waals surface area contributed by atoms with Crippen LogP contribution < -0.4 is 15.4 Å². The summed E-state index contributed by atoms with van der Waals surface area (Å²) in [5, 5.41) is 6.36. The molecule has 0 saturated carbocycles. The highest BCUT2D eigenvalue weighted by molar-refractivity contribution is 9.10. The molecular formula is C15H14BrClN2O2. The largest absolute Gasteiger partial charge is 0.495 e. The first-order valence-electron chi connectivity index (χ1n) is 6.22. The van der Waals surface area contributed by atoms with E-state index in [1.807, 2.05) is 24.3 Å². The smallest absolute Gasteiger partial charge is 0.243 e. The number of hydrogen-bond acceptors (Lipinski definition) is 3. The second kappa shape index (κ2) is 7.33. The maximum Gasteiger partial charge on any atom is 0.243 e. The number of benzene rings is 2. The van der Waals surface area contributed by atoms with Gasteiger partial charge in [0.25, 0.3) is 0 Å². The van der Waals surface area contributed by atoms with E-state index in [0.717, 1.165) is 15.8 Å². The van der Waals surface area contributed by atoms with Crippen LogP contribution in [0.15, 0.2) is 46.9 Å². The van der Waals surface area contributed by atoms with Crippen molar-refractivity contribution in [2.24, 2.45) is 0 Å². The van der Waals surface area contributed by atoms with Crippen molar-refractivity contribution in [3.63, 3.8) is 0 Å². The molecule has 2 N–H and O–H groups in total. The van der Waals surface area contributed by atoms with Gasteiger partial charge in [-0.25, -0.2) is 0 Å². The summed E-state index contributed by atoms with van der Waals surface area (Å²) in [6.45, 7) is 0.145. The first-order chi connectivity index (χ1) is 10.1. The van der Waals surface area contributed by atoms with Gasteiger partial charge in [-0.15, -0.1) is 0 Å². The molecule has 0 aliphatic carbocycles. The molecule has 6 heteroatoms. The van der Waals surface area contributed by atoms with Gasteiger partial charge in [-0.2, -0.15) is 0 Å². The summed E-state index contributed by atoms with van der Waals surface area (Å²) < 4.78 is 5.96. The highest BCUT2D eigenvalue weighted by Crippen LogP contribution is 2.27. The van der Waals surface area contributed by atoms with E-state index < -0.39 is 0 Å². The normalized spacial score (nSPS) is 10.0. The second-order valence-corrected chi connectivity index (χ2v) is 5.49. The molecule has 0 aliphatic heterocycles. The van der Waals surface area contributed by atoms with Gasteiger partial charge in [0.1, 0.15) is 5.75 Å². The van der Waals surface area contributed by atoms with Crippen LogP contribution in [0.3, 0.4) is 0 Å². The molecule has 0 saturated heterocycles. The molecule has 0 radical (unpaired) electrons. The Kier molecular flexibility index (Phi) is 5.47. The molecule has 0 spiro atoms. The van der Waals surface area contributed by atoms with Gasteiger partial charge in [-0.05, 0) is 40.2 Å². The van der Waals surface area contributed by atoms with Gasteiger partial charge in [0.05, 0.1) is 24.4 Å². The lowest BCUT2D eigenvalue weighted by molar-refractivity contribution is -0.114. The number of rotatable bonds is 5. The van der Waals surface area contributed by atoms with Crippen LogP contribution in [0, 0.1) is 0 Å². The third kappa shape index (κ3) is 4.37. The quantitative estimate of drug-likeness (QED) is 0.832. The molecule has 2 rings (SSSR count). The summed E-state index contributed by atoms with van der Waals surface area (Å²) >= 11 is 9.33. The lowest BCUT2D eigenvalue weighted by atomic mass is 10.3. The first-order valence-corrected chi connectivity index (χ1v) is 7.39. The lowest BCUT2D eigenvalue weighted by Gasteiger charge is -2.10. The van der Waals surface area contributed by atoms with E-state index in [9.17, 15) is 4.79 Å². The number of nitrogens with one attached hydrogen (secondary N) is 2. The van der Waals surface area contributed by atoms with Gasteiger partial charge >= 0.3 is 0 Å². The molecule has 0 fully saturated rings. The Labute approximate surface area is 136 Å². The fourth-order valence-electron chi connectivity index (χ4n) is 1.71. The standard InChI is InChI=1S/C15H14BrClN2O2/c1-21-14-8-10(6-7-12(14)17)18-9-15(20)19-13-5-3-2-4-11(13)16/h2-8,18H,9H2,1H3,(H,19,20). The Hall–Kier alpha value is -1.72. The summed E-state index contributed by atoms with van der Waals surface area (Å²) in [5.74, 6) is 0.420. The van der Waals surface area contributed by atoms with Gasteiger partial charge in [0.15, 0.2) is 0 Å². The molecule has 0 bridgehead atoms. The second-order valence-electron chi connectivity index (χ2n) is 4.23. The molecule has 110 valence electrons. The highest BCUT2D eigenvalue weighted by Gasteiger charge is 2.06. The number of carbonyl (C=O) groups excluding carboxylic acids is 1. The van der Waals surface area contributed by atoms with Crippen LogP contribution in [0.5, 0.6) is 5.75 Å². The number of carbonyl (C=O) groups is 1. The number of para-hydroxylation sites is 1. The van der Waals surface area contributed by atoms with E-state index >= 15 is 0 Å². The van der Waals surface area contributed by atoms with Crippen molar-refractivity contribution in [1.82, 2.24) is 0 Å². The molecule has 4 nitrogen and oxygen atoms in total. The van der Waals surface area contributed by atoms with Crippen molar-refractivity contribution in [1.29, 1.82) is 0 Å². The molecular weight excluding hydrogens is 356 g/mol. The Morgan fingerprint density at radius 3 is 2.76 bits per heavy atom. The van der Waals surface area contributed by atoms with Crippen molar-refractivity contribution < 1.29 is 9.53 Å². The van der Waals surface area contributed by atoms with Crippen molar-refractivity contribution >= 4 is 44.8 Å². The molecule has 1 amide bonds. The predicted molar refractivity (Wildman–Crippen MR) is 89.3 cm³/mol. The lowest BCUT2D eigenvalue weighted by Crippen LogP contribution is -2.21. The number of anilines is 2. The number of methoxy groups -OCH3 is 1. The minimum absolute atomic E-state index is 0.143. The van der Waals surface area contributed by atoms with E-state index in [2.05, 4.69) is 26.6 Å². The van der Waals surface area contributed by atoms with Crippen LogP contribution in [0.25, 0.3) is 0 Å². The topological polar surface area (TPSA) is 50.4 Å². The van der Waals surface area contributed by atoms with E-state index in [0.29, 0.717) is 10.8 Å². The summed E-state index contributed by atoms with van der Waals surface area (Å²) in [5.41, 5.74) is 1.50. The number of halogens is 2. The summed E-state index contributed by atoms with van der Waals surface area (Å²) in [6, 6.07) is 12.7. The number of amides is 1. The zero-order valence-corrected chi connectivity index (χ0v) is 13.7. The molecule has 2 aromatic carbocycles. The van der Waals surface area contributed by atoms with Crippen molar-refractivity contribution in [2.75, 3.05) is 24.3 Å². The number of hydrogen-bond donors (Lipinski definition) is 2. The van der Waals surface area contributed by atoms with Gasteiger partial charge in [0, 0.05) is 16.2 Å². The van der Waals surface area contributed by atoms with Crippen LogP contribution in [0.1, 0.15) is 0 Å². The summed E-state index contributed by atoms with van der Waals surface area (Å²) in [6.07, 6.45) is 0. The van der Waals surface area contributed by atoms with Gasteiger partial charge in [-0.1, -0.05) is 23.7 Å². The Morgan fingerprint density at radius 2 is 2.05 bits per heavy atom. The van der Waals surface area contributed by atoms with Crippen LogP contribution in [-0.2, 0) is 4.79 Å². The zero-order valence-electron chi connectivity index (χ0n) is 11.3. The fraction of sp³-hybridized carbons (Fsp3) is 0.133. The molecule has 0 aromatic heterocycles. The molecule has 2 aromatic rings. The van der Waals surface area contributed by atoms with Gasteiger partial charge in [-0.3, -0.25) is 4.79 Å². The minimum atomic E-state index is -0.143. The van der Waals surface area contributed by atoms with E-state index in [-0.39, 0.29) is 12.5 Å². The fourth-order valence-corrected chi connectivity index (χ4v) is 2.29. The molecule has 0 heterocycles. The average Bonchev–Trinajstić information content (AvgIpc) is 2.49. The summed E-state index contributed by atoms with van der Waals surface area (Å²) in [7, 11) is 1.55. The Balaban J connectivity index is 1.94. The van der Waals surface area contributed by atoms with Crippen molar-refractivity contribution in [3.8, 4) is 5.75 Å². The SMILES string of the molecule is COc1cc(NCC(=O)Nc2ccccc2Br)ccc1Cl. The zero-order chi connectivity index (χ0) is 15.2. The van der Waals surface area contributed by atoms with Crippen LogP contribution >= 0.6 is 27.5 Å². The van der Waals surface area contributed by atoms with Crippen LogP contribution in [-0.4, -0.2) is 19.6 Å². The monoisotopic (exact) mass is 368 g/mol. The van der Waals surface area contributed by atoms with Crippen LogP contribution in [0.2, 0.25) is 5.02 Å². The summed E-state index contributed by atoms with van der Waals surface area (Å²) in [4.78, 5) is 11.9. The van der Waals surface area contributed by atoms with Gasteiger partial charge in [0.2, 0.25) is 5.91 Å². The average molecular weight is 370 g/mol. The highest BCUT2D eigenvalue weighted by atomic mass is 79.9. The Morgan fingerprint density at radius 1 is 1.29 bits per heavy atom. The van der Waals surface area contributed by atoms with E-state index in [4.69, 9.17) is 16.3 Å². The molecule has 21 heavy (non-hydrogen) atoms. The Bertz CT molecular complexity index is 649.